The monoisotopic (exact) mass is 453 g/mol. The molecule has 5 rings (SSSR count). The van der Waals surface area contributed by atoms with Gasteiger partial charge in [-0.1, -0.05) is 31.0 Å². The number of ether oxygens (including phenoxy) is 2. The number of aromatic nitrogens is 4. The second-order valence-electron chi connectivity index (χ2n) is 8.57. The molecule has 0 radical (unpaired) electrons. The van der Waals surface area contributed by atoms with Crippen molar-refractivity contribution in [1.82, 2.24) is 19.5 Å². The summed E-state index contributed by atoms with van der Waals surface area (Å²) < 4.78 is 13.0. The molecule has 0 spiro atoms. The van der Waals surface area contributed by atoms with Crippen LogP contribution in [0, 0.1) is 0 Å². The van der Waals surface area contributed by atoms with Crippen LogP contribution in [0.25, 0.3) is 11.2 Å². The summed E-state index contributed by atoms with van der Waals surface area (Å²) in [6, 6.07) is 8.66. The zero-order valence-electron chi connectivity index (χ0n) is 18.1. The fourth-order valence-corrected chi connectivity index (χ4v) is 4.51. The minimum atomic E-state index is -0.811. The number of hydrogen-bond donors (Lipinski definition) is 3. The van der Waals surface area contributed by atoms with Gasteiger partial charge in [0, 0.05) is 6.42 Å². The van der Waals surface area contributed by atoms with Crippen molar-refractivity contribution in [3.63, 3.8) is 0 Å². The van der Waals surface area contributed by atoms with Gasteiger partial charge in [0.1, 0.15) is 19.0 Å². The van der Waals surface area contributed by atoms with Gasteiger partial charge in [0.15, 0.2) is 23.2 Å². The van der Waals surface area contributed by atoms with Crippen molar-refractivity contribution >= 4 is 23.0 Å². The highest BCUT2D eigenvalue weighted by molar-refractivity contribution is 5.89. The molecular weight excluding hydrogens is 426 g/mol. The van der Waals surface area contributed by atoms with Crippen LogP contribution in [0.2, 0.25) is 0 Å². The molecule has 2 aromatic heterocycles. The van der Waals surface area contributed by atoms with E-state index in [9.17, 15) is 15.0 Å². The van der Waals surface area contributed by atoms with Gasteiger partial charge >= 0.3 is 5.97 Å². The highest BCUT2D eigenvalue weighted by Gasteiger charge is 2.37. The minimum Gasteiger partial charge on any atom is -0.459 e. The quantitative estimate of drug-likeness (QED) is 0.480. The molecule has 1 aliphatic carbocycles. The second kappa shape index (κ2) is 9.42. The van der Waals surface area contributed by atoms with Crippen molar-refractivity contribution < 1.29 is 24.5 Å². The number of esters is 1. The average Bonchev–Trinajstić information content (AvgIpc) is 3.43. The topological polar surface area (TPSA) is 132 Å². The van der Waals surface area contributed by atoms with Crippen LogP contribution in [-0.2, 0) is 9.47 Å². The van der Waals surface area contributed by atoms with Crippen LogP contribution < -0.4 is 5.32 Å². The standard InChI is InChI=1S/C23H27N5O5/c29-17-9-5-4-8-16(17)27-20-19-21(25-12-24-20)28(13-26-19)22-18(30)10-15(33-22)11-32-23(31)14-6-2-1-3-7-14/h1-3,6-7,12-13,15-18,22,29-30H,4-5,8-11H2,(H,24,25,27)/t15-,16-,17?,18+,22?/m0/s1. The summed E-state index contributed by atoms with van der Waals surface area (Å²) in [5.41, 5.74) is 1.53. The molecule has 10 nitrogen and oxygen atoms in total. The zero-order chi connectivity index (χ0) is 22.8. The van der Waals surface area contributed by atoms with E-state index in [1.807, 2.05) is 6.07 Å². The number of nitrogens with one attached hydrogen (secondary N) is 1. The average molecular weight is 453 g/mol. The minimum absolute atomic E-state index is 0.0370. The smallest absolute Gasteiger partial charge is 0.338 e. The summed E-state index contributed by atoms with van der Waals surface area (Å²) >= 11 is 0. The van der Waals surface area contributed by atoms with E-state index in [4.69, 9.17) is 9.47 Å². The largest absolute Gasteiger partial charge is 0.459 e. The molecule has 1 aliphatic heterocycles. The highest BCUT2D eigenvalue weighted by Crippen LogP contribution is 2.32. The lowest BCUT2D eigenvalue weighted by molar-refractivity contribution is -0.0531. The molecule has 1 aromatic carbocycles. The number of aliphatic hydroxyl groups excluding tert-OH is 2. The van der Waals surface area contributed by atoms with Gasteiger partial charge in [0.05, 0.1) is 30.1 Å². The summed E-state index contributed by atoms with van der Waals surface area (Å²) in [6.07, 6.45) is 4.61. The van der Waals surface area contributed by atoms with Gasteiger partial charge in [-0.05, 0) is 25.0 Å². The number of rotatable bonds is 6. The third-order valence-corrected chi connectivity index (χ3v) is 6.26. The van der Waals surface area contributed by atoms with Crippen molar-refractivity contribution in [2.45, 2.75) is 62.7 Å². The van der Waals surface area contributed by atoms with E-state index in [1.54, 1.807) is 35.2 Å². The van der Waals surface area contributed by atoms with Crippen molar-refractivity contribution in [2.24, 2.45) is 0 Å². The van der Waals surface area contributed by atoms with Crippen molar-refractivity contribution in [3.05, 3.63) is 48.5 Å². The lowest BCUT2D eigenvalue weighted by Gasteiger charge is -2.28. The third kappa shape index (κ3) is 4.54. The van der Waals surface area contributed by atoms with Gasteiger partial charge < -0.3 is 25.0 Å². The Kier molecular flexibility index (Phi) is 6.21. The normalized spacial score (nSPS) is 27.5. The number of benzene rings is 1. The molecule has 2 fully saturated rings. The van der Waals surface area contributed by atoms with Gasteiger partial charge in [0.2, 0.25) is 0 Å². The van der Waals surface area contributed by atoms with Crippen LogP contribution in [-0.4, -0.2) is 66.7 Å². The van der Waals surface area contributed by atoms with Crippen LogP contribution in [0.3, 0.4) is 0 Å². The molecule has 0 amide bonds. The van der Waals surface area contributed by atoms with E-state index in [0.29, 0.717) is 29.0 Å². The molecule has 1 saturated carbocycles. The number of hydrogen-bond acceptors (Lipinski definition) is 9. The summed E-state index contributed by atoms with van der Waals surface area (Å²) in [5, 5.41) is 24.2. The van der Waals surface area contributed by atoms with E-state index in [1.165, 1.54) is 6.33 Å². The Morgan fingerprint density at radius 1 is 1.12 bits per heavy atom. The van der Waals surface area contributed by atoms with Crippen LogP contribution in [0.15, 0.2) is 43.0 Å². The van der Waals surface area contributed by atoms with E-state index in [2.05, 4.69) is 20.3 Å². The first-order chi connectivity index (χ1) is 16.1. The van der Waals surface area contributed by atoms with Gasteiger partial charge in [-0.25, -0.2) is 19.7 Å². The predicted molar refractivity (Wildman–Crippen MR) is 118 cm³/mol. The number of aliphatic hydroxyl groups is 2. The molecule has 5 atom stereocenters. The van der Waals surface area contributed by atoms with Crippen LogP contribution in [0.5, 0.6) is 0 Å². The Morgan fingerprint density at radius 2 is 1.94 bits per heavy atom. The zero-order valence-corrected chi connectivity index (χ0v) is 18.1. The summed E-state index contributed by atoms with van der Waals surface area (Å²) in [4.78, 5) is 25.3. The highest BCUT2D eigenvalue weighted by atomic mass is 16.6. The van der Waals surface area contributed by atoms with Gasteiger partial charge in [-0.3, -0.25) is 4.57 Å². The Morgan fingerprint density at radius 3 is 2.76 bits per heavy atom. The maximum atomic E-state index is 12.2. The first kappa shape index (κ1) is 21.7. The Bertz CT molecular complexity index is 1110. The maximum absolute atomic E-state index is 12.2. The fraction of sp³-hybridized carbons (Fsp3) is 0.478. The fourth-order valence-electron chi connectivity index (χ4n) is 4.51. The number of carbonyl (C=O) groups is 1. The molecule has 3 aromatic rings. The molecule has 3 heterocycles. The molecular formula is C23H27N5O5. The number of carbonyl (C=O) groups excluding carboxylic acids is 1. The van der Waals surface area contributed by atoms with Crippen molar-refractivity contribution in [2.75, 3.05) is 11.9 Å². The number of anilines is 1. The molecule has 2 unspecified atom stereocenters. The van der Waals surface area contributed by atoms with Gasteiger partial charge in [-0.15, -0.1) is 0 Å². The molecule has 2 aliphatic rings. The molecule has 33 heavy (non-hydrogen) atoms. The van der Waals surface area contributed by atoms with Gasteiger partial charge in [-0.2, -0.15) is 0 Å². The number of fused-ring (bicyclic) bond motifs is 1. The summed E-state index contributed by atoms with van der Waals surface area (Å²) in [5.74, 6) is 0.115. The van der Waals surface area contributed by atoms with E-state index >= 15 is 0 Å². The lowest BCUT2D eigenvalue weighted by Crippen LogP contribution is -2.36. The van der Waals surface area contributed by atoms with E-state index in [0.717, 1.165) is 25.7 Å². The second-order valence-corrected chi connectivity index (χ2v) is 8.57. The summed E-state index contributed by atoms with van der Waals surface area (Å²) in [6.45, 7) is 0.0370. The van der Waals surface area contributed by atoms with E-state index < -0.39 is 30.5 Å². The lowest BCUT2D eigenvalue weighted by atomic mass is 9.92. The first-order valence-corrected chi connectivity index (χ1v) is 11.3. The first-order valence-electron chi connectivity index (χ1n) is 11.3. The SMILES string of the molecule is O=C(OC[C@@H]1C[C@@H](O)C(n2cnc3c(N[C@H]4CCCCC4O)ncnc32)O1)c1ccccc1. The number of nitrogens with zero attached hydrogens (tertiary/aromatic N) is 4. The Hall–Kier alpha value is -3.08. The third-order valence-electron chi connectivity index (χ3n) is 6.26. The Balaban J connectivity index is 1.27. The van der Waals surface area contributed by atoms with E-state index in [-0.39, 0.29) is 12.6 Å². The molecule has 1 saturated heterocycles. The number of imidazole rings is 1. The van der Waals surface area contributed by atoms with Crippen molar-refractivity contribution in [1.29, 1.82) is 0 Å². The molecule has 3 N–H and O–H groups in total. The molecule has 10 heteroatoms. The van der Waals surface area contributed by atoms with Crippen LogP contribution >= 0.6 is 0 Å². The molecule has 174 valence electrons. The van der Waals surface area contributed by atoms with Crippen LogP contribution in [0.1, 0.15) is 48.7 Å². The van der Waals surface area contributed by atoms with Gasteiger partial charge in [0.25, 0.3) is 0 Å². The van der Waals surface area contributed by atoms with Crippen molar-refractivity contribution in [3.8, 4) is 0 Å². The summed E-state index contributed by atoms with van der Waals surface area (Å²) in [7, 11) is 0. The molecule has 0 bridgehead atoms. The Labute approximate surface area is 190 Å². The predicted octanol–water partition coefficient (Wildman–Crippen LogP) is 2.05. The van der Waals surface area contributed by atoms with Crippen LogP contribution in [0.4, 0.5) is 5.82 Å². The maximum Gasteiger partial charge on any atom is 0.338 e.